The third kappa shape index (κ3) is 2.87. The second-order valence-electron chi connectivity index (χ2n) is 4.86. The van der Waals surface area contributed by atoms with Crippen molar-refractivity contribution in [3.63, 3.8) is 0 Å². The lowest BCUT2D eigenvalue weighted by atomic mass is 10.1. The molecule has 0 atom stereocenters. The summed E-state index contributed by atoms with van der Waals surface area (Å²) in [7, 11) is -1.11. The van der Waals surface area contributed by atoms with Crippen LogP contribution in [0.3, 0.4) is 0 Å². The van der Waals surface area contributed by atoms with Crippen molar-refractivity contribution in [2.45, 2.75) is 52.2 Å². The van der Waals surface area contributed by atoms with Gasteiger partial charge in [-0.15, -0.1) is 0 Å². The Balaban J connectivity index is 2.70. The number of hydrogen-bond acceptors (Lipinski definition) is 1. The normalized spacial score (nSPS) is 18.3. The molecule has 76 valence electrons. The first-order valence-corrected chi connectivity index (χ1v) is 8.97. The highest BCUT2D eigenvalue weighted by atomic mass is 28.3. The highest BCUT2D eigenvalue weighted by molar-refractivity contribution is 6.73. The molecular weight excluding hydrogens is 174 g/mol. The summed E-state index contributed by atoms with van der Waals surface area (Å²) < 4.78 is 2.67. The molecule has 0 aromatic heterocycles. The smallest absolute Gasteiger partial charge is 0.147 e. The van der Waals surface area contributed by atoms with E-state index in [1.807, 2.05) is 0 Å². The molecule has 0 aliphatic heterocycles. The summed E-state index contributed by atoms with van der Waals surface area (Å²) in [6.45, 7) is 10.8. The predicted octanol–water partition coefficient (Wildman–Crippen LogP) is 3.60. The lowest BCUT2D eigenvalue weighted by Crippen LogP contribution is -2.45. The van der Waals surface area contributed by atoms with E-state index in [9.17, 15) is 0 Å². The van der Waals surface area contributed by atoms with Crippen molar-refractivity contribution in [3.05, 3.63) is 11.8 Å². The molecule has 0 fully saturated rings. The Morgan fingerprint density at radius 1 is 1.31 bits per heavy atom. The van der Waals surface area contributed by atoms with Crippen molar-refractivity contribution in [1.29, 1.82) is 0 Å². The van der Waals surface area contributed by atoms with Gasteiger partial charge in [-0.1, -0.05) is 25.7 Å². The summed E-state index contributed by atoms with van der Waals surface area (Å²) in [5.41, 5.74) is 1.63. The Morgan fingerprint density at radius 3 is 2.38 bits per heavy atom. The van der Waals surface area contributed by atoms with E-state index in [4.69, 9.17) is 0 Å². The van der Waals surface area contributed by atoms with E-state index < -0.39 is 8.24 Å². The van der Waals surface area contributed by atoms with Gasteiger partial charge in [0.15, 0.2) is 0 Å². The van der Waals surface area contributed by atoms with Crippen LogP contribution < -0.4 is 0 Å². The van der Waals surface area contributed by atoms with Crippen LogP contribution in [-0.4, -0.2) is 19.3 Å². The van der Waals surface area contributed by atoms with Crippen molar-refractivity contribution in [2.75, 3.05) is 6.54 Å². The summed E-state index contributed by atoms with van der Waals surface area (Å²) >= 11 is 0. The van der Waals surface area contributed by atoms with Gasteiger partial charge in [-0.25, -0.2) is 0 Å². The third-order valence-electron chi connectivity index (χ3n) is 2.74. The molecule has 0 N–H and O–H groups in total. The maximum atomic E-state index is 2.67. The summed E-state index contributed by atoms with van der Waals surface area (Å²) in [6, 6.07) is 0. The van der Waals surface area contributed by atoms with Gasteiger partial charge in [-0.05, 0) is 32.6 Å². The summed E-state index contributed by atoms with van der Waals surface area (Å²) in [6.07, 6.45) is 7.87. The van der Waals surface area contributed by atoms with Crippen LogP contribution in [0.25, 0.3) is 0 Å². The van der Waals surface area contributed by atoms with Crippen LogP contribution in [0.15, 0.2) is 11.8 Å². The molecule has 1 nitrogen and oxygen atoms in total. The third-order valence-corrected chi connectivity index (χ3v) is 4.96. The van der Waals surface area contributed by atoms with E-state index in [0.717, 1.165) is 0 Å². The van der Waals surface area contributed by atoms with Gasteiger partial charge in [0.05, 0.1) is 0 Å². The monoisotopic (exact) mass is 197 g/mol. The molecule has 0 heterocycles. The quantitative estimate of drug-likeness (QED) is 0.625. The molecule has 1 aliphatic rings. The fourth-order valence-electron chi connectivity index (χ4n) is 2.17. The molecule has 1 rings (SSSR count). The first-order chi connectivity index (χ1) is 6.05. The molecule has 0 saturated carbocycles. The van der Waals surface area contributed by atoms with E-state index in [0.29, 0.717) is 0 Å². The molecule has 13 heavy (non-hydrogen) atoms. The number of hydrogen-bond donors (Lipinski definition) is 0. The second kappa shape index (κ2) is 4.31. The van der Waals surface area contributed by atoms with Crippen LogP contribution in [0.4, 0.5) is 0 Å². The van der Waals surface area contributed by atoms with Gasteiger partial charge in [0.1, 0.15) is 8.24 Å². The van der Waals surface area contributed by atoms with Gasteiger partial charge in [-0.3, -0.25) is 0 Å². The van der Waals surface area contributed by atoms with Gasteiger partial charge in [0, 0.05) is 12.2 Å². The zero-order valence-electron chi connectivity index (χ0n) is 9.56. The Hall–Kier alpha value is -0.243. The molecule has 0 amide bonds. The van der Waals surface area contributed by atoms with Crippen LogP contribution in [0, 0.1) is 0 Å². The van der Waals surface area contributed by atoms with Crippen LogP contribution in [0.2, 0.25) is 19.6 Å². The van der Waals surface area contributed by atoms with E-state index in [1.165, 1.54) is 32.2 Å². The molecule has 0 saturated heterocycles. The largest absolute Gasteiger partial charge is 0.402 e. The Morgan fingerprint density at radius 2 is 2.00 bits per heavy atom. The van der Waals surface area contributed by atoms with Gasteiger partial charge in [0.25, 0.3) is 0 Å². The molecule has 1 aliphatic carbocycles. The highest BCUT2D eigenvalue weighted by Gasteiger charge is 2.24. The minimum atomic E-state index is -1.11. The maximum absolute atomic E-state index is 2.67. The summed E-state index contributed by atoms with van der Waals surface area (Å²) in [5.74, 6) is 0. The first kappa shape index (κ1) is 10.8. The highest BCUT2D eigenvalue weighted by Crippen LogP contribution is 2.25. The lowest BCUT2D eigenvalue weighted by Gasteiger charge is -2.38. The van der Waals surface area contributed by atoms with E-state index in [-0.39, 0.29) is 0 Å². The van der Waals surface area contributed by atoms with Crippen molar-refractivity contribution in [3.8, 4) is 0 Å². The zero-order chi connectivity index (χ0) is 9.90. The topological polar surface area (TPSA) is 3.24 Å². The number of nitrogens with zero attached hydrogens (tertiary/aromatic N) is 1. The molecule has 0 unspecified atom stereocenters. The Kier molecular flexibility index (Phi) is 3.60. The number of rotatable bonds is 3. The molecule has 0 aromatic carbocycles. The average Bonchev–Trinajstić information content (AvgIpc) is 2.05. The molecule has 0 bridgehead atoms. The van der Waals surface area contributed by atoms with Gasteiger partial charge < -0.3 is 4.57 Å². The first-order valence-electron chi connectivity index (χ1n) is 5.52. The van der Waals surface area contributed by atoms with Gasteiger partial charge >= 0.3 is 0 Å². The zero-order valence-corrected chi connectivity index (χ0v) is 10.6. The standard InChI is InChI=1S/C11H23NSi/c1-5-12(13(2,3)4)11-9-7-6-8-10-11/h9H,5-8,10H2,1-4H3. The van der Waals surface area contributed by atoms with Gasteiger partial charge in [0.2, 0.25) is 0 Å². The molecule has 0 aromatic rings. The molecule has 2 heteroatoms. The SMILES string of the molecule is CCN(C1=CCCCC1)[Si](C)(C)C. The molecule has 0 spiro atoms. The predicted molar refractivity (Wildman–Crippen MR) is 62.3 cm³/mol. The maximum Gasteiger partial charge on any atom is 0.147 e. The van der Waals surface area contributed by atoms with Crippen LogP contribution in [0.1, 0.15) is 32.6 Å². The lowest BCUT2D eigenvalue weighted by molar-refractivity contribution is 0.489. The minimum absolute atomic E-state index is 1.11. The van der Waals surface area contributed by atoms with Crippen molar-refractivity contribution in [1.82, 2.24) is 4.57 Å². The number of allylic oxidation sites excluding steroid dienone is 2. The Bertz CT molecular complexity index is 191. The second-order valence-corrected chi connectivity index (χ2v) is 9.74. The fraction of sp³-hybridized carbons (Fsp3) is 0.818. The van der Waals surface area contributed by atoms with E-state index in [1.54, 1.807) is 5.70 Å². The van der Waals surface area contributed by atoms with Crippen molar-refractivity contribution < 1.29 is 0 Å². The summed E-state index contributed by atoms with van der Waals surface area (Å²) in [4.78, 5) is 0. The minimum Gasteiger partial charge on any atom is -0.402 e. The van der Waals surface area contributed by atoms with Crippen LogP contribution in [-0.2, 0) is 0 Å². The van der Waals surface area contributed by atoms with Gasteiger partial charge in [-0.2, -0.15) is 0 Å². The summed E-state index contributed by atoms with van der Waals surface area (Å²) in [5, 5.41) is 0. The average molecular weight is 197 g/mol. The van der Waals surface area contributed by atoms with Crippen molar-refractivity contribution >= 4 is 8.24 Å². The Labute approximate surface area is 83.9 Å². The van der Waals surface area contributed by atoms with Crippen LogP contribution >= 0.6 is 0 Å². The van der Waals surface area contributed by atoms with Crippen molar-refractivity contribution in [2.24, 2.45) is 0 Å². The van der Waals surface area contributed by atoms with E-state index >= 15 is 0 Å². The fourth-order valence-corrected chi connectivity index (χ4v) is 4.19. The molecule has 0 radical (unpaired) electrons. The molecular formula is C11H23NSi. The van der Waals surface area contributed by atoms with Crippen LogP contribution in [0.5, 0.6) is 0 Å². The van der Waals surface area contributed by atoms with E-state index in [2.05, 4.69) is 37.2 Å².